The van der Waals surface area contributed by atoms with E-state index < -0.39 is 0 Å². The first-order valence-electron chi connectivity index (χ1n) is 9.28. The molecule has 3 nitrogen and oxygen atoms in total. The maximum absolute atomic E-state index is 3.54. The minimum absolute atomic E-state index is 0.117. The summed E-state index contributed by atoms with van der Waals surface area (Å²) in [7, 11) is 4.19. The second-order valence-corrected chi connectivity index (χ2v) is 6.23. The Morgan fingerprint density at radius 1 is 0.714 bits per heavy atom. The van der Waals surface area contributed by atoms with Gasteiger partial charge in [0, 0.05) is 6.54 Å². The number of unbranched alkanes of at least 4 members (excludes halogenated alkanes) is 6. The molecule has 0 atom stereocenters. The van der Waals surface area contributed by atoms with Gasteiger partial charge in [0.05, 0.1) is 5.66 Å². The van der Waals surface area contributed by atoms with Crippen LogP contribution in [0.3, 0.4) is 0 Å². The fourth-order valence-corrected chi connectivity index (χ4v) is 3.02. The molecular formula is C18H41N3. The molecule has 0 aromatic rings. The topological polar surface area (TPSA) is 27.3 Å². The van der Waals surface area contributed by atoms with Crippen LogP contribution in [0.2, 0.25) is 0 Å². The van der Waals surface area contributed by atoms with E-state index in [0.29, 0.717) is 0 Å². The molecule has 0 radical (unpaired) electrons. The van der Waals surface area contributed by atoms with Gasteiger partial charge in [-0.25, -0.2) is 0 Å². The van der Waals surface area contributed by atoms with Crippen molar-refractivity contribution in [1.82, 2.24) is 15.5 Å². The van der Waals surface area contributed by atoms with Gasteiger partial charge in [0.25, 0.3) is 0 Å². The Kier molecular flexibility index (Phi) is 13.5. The van der Waals surface area contributed by atoms with E-state index in [1.807, 2.05) is 0 Å². The molecule has 0 aliphatic rings. The van der Waals surface area contributed by atoms with Crippen molar-refractivity contribution < 1.29 is 0 Å². The molecule has 0 heterocycles. The summed E-state index contributed by atoms with van der Waals surface area (Å²) in [4.78, 5) is 2.51. The van der Waals surface area contributed by atoms with Crippen LogP contribution in [-0.2, 0) is 0 Å². The maximum Gasteiger partial charge on any atom is 0.0694 e. The molecule has 0 saturated carbocycles. The zero-order valence-corrected chi connectivity index (χ0v) is 15.4. The number of nitrogens with zero attached hydrogens (tertiary/aromatic N) is 1. The van der Waals surface area contributed by atoms with Crippen molar-refractivity contribution in [2.45, 2.75) is 84.2 Å². The van der Waals surface area contributed by atoms with Crippen molar-refractivity contribution in [3.63, 3.8) is 0 Å². The maximum atomic E-state index is 3.54. The van der Waals surface area contributed by atoms with Gasteiger partial charge in [-0.15, -0.1) is 0 Å². The highest BCUT2D eigenvalue weighted by Gasteiger charge is 2.25. The number of hydrogen-bond donors (Lipinski definition) is 2. The van der Waals surface area contributed by atoms with Crippen molar-refractivity contribution in [2.75, 3.05) is 33.7 Å². The molecule has 21 heavy (non-hydrogen) atoms. The third-order valence-corrected chi connectivity index (χ3v) is 4.91. The molecule has 0 aliphatic heterocycles. The normalized spacial score (nSPS) is 12.3. The van der Waals surface area contributed by atoms with Crippen LogP contribution in [0.25, 0.3) is 0 Å². The Labute approximate surface area is 134 Å². The van der Waals surface area contributed by atoms with Crippen molar-refractivity contribution in [2.24, 2.45) is 0 Å². The molecule has 0 rings (SSSR count). The van der Waals surface area contributed by atoms with Crippen molar-refractivity contribution in [1.29, 1.82) is 0 Å². The fourth-order valence-electron chi connectivity index (χ4n) is 3.02. The summed E-state index contributed by atoms with van der Waals surface area (Å²) in [6, 6.07) is 0. The van der Waals surface area contributed by atoms with E-state index in [4.69, 9.17) is 0 Å². The minimum atomic E-state index is 0.117. The summed E-state index contributed by atoms with van der Waals surface area (Å²) in [5.41, 5.74) is 0.117. The SMILES string of the molecule is CCCCCCCCCC(CCN(CC)CC)(NC)NC. The lowest BCUT2D eigenvalue weighted by atomic mass is 9.96. The molecule has 0 saturated heterocycles. The number of nitrogens with one attached hydrogen (secondary N) is 2. The molecule has 0 fully saturated rings. The predicted molar refractivity (Wildman–Crippen MR) is 95.9 cm³/mol. The highest BCUT2D eigenvalue weighted by Crippen LogP contribution is 2.18. The van der Waals surface area contributed by atoms with E-state index in [2.05, 4.69) is 50.4 Å². The van der Waals surface area contributed by atoms with Gasteiger partial charge in [-0.1, -0.05) is 65.7 Å². The van der Waals surface area contributed by atoms with Crippen LogP contribution in [-0.4, -0.2) is 44.3 Å². The van der Waals surface area contributed by atoms with Crippen LogP contribution >= 0.6 is 0 Å². The monoisotopic (exact) mass is 299 g/mol. The highest BCUT2D eigenvalue weighted by molar-refractivity contribution is 4.83. The first kappa shape index (κ1) is 20.9. The van der Waals surface area contributed by atoms with Gasteiger partial charge in [-0.2, -0.15) is 0 Å². The lowest BCUT2D eigenvalue weighted by molar-refractivity contribution is 0.196. The smallest absolute Gasteiger partial charge is 0.0694 e. The largest absolute Gasteiger partial charge is 0.304 e. The Balaban J connectivity index is 3.98. The van der Waals surface area contributed by atoms with Gasteiger partial charge < -0.3 is 15.5 Å². The molecule has 0 unspecified atom stereocenters. The molecule has 0 aliphatic carbocycles. The van der Waals surface area contributed by atoms with Crippen LogP contribution in [0.1, 0.15) is 78.6 Å². The molecule has 0 spiro atoms. The van der Waals surface area contributed by atoms with Gasteiger partial charge in [-0.05, 0) is 40.0 Å². The second kappa shape index (κ2) is 13.5. The van der Waals surface area contributed by atoms with Crippen molar-refractivity contribution >= 4 is 0 Å². The Bertz CT molecular complexity index is 211. The van der Waals surface area contributed by atoms with Crippen molar-refractivity contribution in [3.8, 4) is 0 Å². The molecule has 0 amide bonds. The first-order chi connectivity index (χ1) is 10.2. The van der Waals surface area contributed by atoms with Gasteiger partial charge in [0.1, 0.15) is 0 Å². The van der Waals surface area contributed by atoms with E-state index in [0.717, 1.165) is 13.1 Å². The average molecular weight is 300 g/mol. The zero-order chi connectivity index (χ0) is 16.0. The molecule has 128 valence electrons. The predicted octanol–water partition coefficient (Wildman–Crippen LogP) is 3.99. The standard InChI is InChI=1S/C18H41N3/c1-6-9-10-11-12-13-14-15-18(19-4,20-5)16-17-21(7-2)8-3/h19-20H,6-17H2,1-5H3. The van der Waals surface area contributed by atoms with Crippen LogP contribution in [0.15, 0.2) is 0 Å². The van der Waals surface area contributed by atoms with Crippen LogP contribution < -0.4 is 10.6 Å². The summed E-state index contributed by atoms with van der Waals surface area (Å²) in [6.07, 6.45) is 12.1. The summed E-state index contributed by atoms with van der Waals surface area (Å²) in [6.45, 7) is 10.3. The fraction of sp³-hybridized carbons (Fsp3) is 1.00. The number of hydrogen-bond acceptors (Lipinski definition) is 3. The Morgan fingerprint density at radius 3 is 1.71 bits per heavy atom. The molecule has 0 aromatic heterocycles. The lowest BCUT2D eigenvalue weighted by Gasteiger charge is -2.35. The van der Waals surface area contributed by atoms with Gasteiger partial charge in [0.2, 0.25) is 0 Å². The van der Waals surface area contributed by atoms with Gasteiger partial charge >= 0.3 is 0 Å². The molecule has 0 aromatic carbocycles. The highest BCUT2D eigenvalue weighted by atomic mass is 15.2. The van der Waals surface area contributed by atoms with E-state index in [1.54, 1.807) is 0 Å². The molecule has 3 heteroatoms. The zero-order valence-electron chi connectivity index (χ0n) is 15.4. The van der Waals surface area contributed by atoms with Gasteiger partial charge in [0.15, 0.2) is 0 Å². The first-order valence-corrected chi connectivity index (χ1v) is 9.28. The van der Waals surface area contributed by atoms with E-state index in [9.17, 15) is 0 Å². The summed E-state index contributed by atoms with van der Waals surface area (Å²) in [5.74, 6) is 0. The third kappa shape index (κ3) is 9.49. The third-order valence-electron chi connectivity index (χ3n) is 4.91. The second-order valence-electron chi connectivity index (χ2n) is 6.23. The molecular weight excluding hydrogens is 258 g/mol. The summed E-state index contributed by atoms with van der Waals surface area (Å²) >= 11 is 0. The number of rotatable bonds is 15. The lowest BCUT2D eigenvalue weighted by Crippen LogP contribution is -2.55. The van der Waals surface area contributed by atoms with E-state index in [1.165, 1.54) is 64.3 Å². The quantitative estimate of drug-likeness (QED) is 0.353. The van der Waals surface area contributed by atoms with Crippen molar-refractivity contribution in [3.05, 3.63) is 0 Å². The summed E-state index contributed by atoms with van der Waals surface area (Å²) < 4.78 is 0. The van der Waals surface area contributed by atoms with E-state index in [-0.39, 0.29) is 5.66 Å². The minimum Gasteiger partial charge on any atom is -0.304 e. The Morgan fingerprint density at radius 2 is 1.24 bits per heavy atom. The molecule has 0 bridgehead atoms. The van der Waals surface area contributed by atoms with Crippen LogP contribution in [0, 0.1) is 0 Å². The molecule has 2 N–H and O–H groups in total. The van der Waals surface area contributed by atoms with Crippen LogP contribution in [0.4, 0.5) is 0 Å². The summed E-state index contributed by atoms with van der Waals surface area (Å²) in [5, 5.41) is 7.08. The van der Waals surface area contributed by atoms with Crippen LogP contribution in [0.5, 0.6) is 0 Å². The van der Waals surface area contributed by atoms with Gasteiger partial charge in [-0.3, -0.25) is 0 Å². The Hall–Kier alpha value is -0.120. The van der Waals surface area contributed by atoms with E-state index >= 15 is 0 Å². The average Bonchev–Trinajstić information content (AvgIpc) is 2.53.